The lowest BCUT2D eigenvalue weighted by Gasteiger charge is -2.33. The Hall–Kier alpha value is -3.76. The summed E-state index contributed by atoms with van der Waals surface area (Å²) in [5.74, 6) is 1.52. The molecule has 0 saturated carbocycles. The van der Waals surface area contributed by atoms with Gasteiger partial charge in [-0.2, -0.15) is 5.10 Å². The molecule has 5 rings (SSSR count). The highest BCUT2D eigenvalue weighted by Gasteiger charge is 2.23. The molecule has 1 amide bonds. The molecule has 10 heteroatoms. The fourth-order valence-corrected chi connectivity index (χ4v) is 4.18. The van der Waals surface area contributed by atoms with Crippen LogP contribution in [0.3, 0.4) is 0 Å². The molecular formula is C25H29N7O3. The van der Waals surface area contributed by atoms with Crippen LogP contribution >= 0.6 is 0 Å². The molecule has 0 spiro atoms. The number of carbonyl (C=O) groups excluding carboxylic acids is 1. The van der Waals surface area contributed by atoms with Gasteiger partial charge in [0.25, 0.3) is 5.91 Å². The van der Waals surface area contributed by atoms with Gasteiger partial charge >= 0.3 is 0 Å². The fraction of sp³-hybridized carbons (Fsp3) is 0.360. The Bertz CT molecular complexity index is 1200. The van der Waals surface area contributed by atoms with E-state index in [9.17, 15) is 4.79 Å². The van der Waals surface area contributed by atoms with Crippen molar-refractivity contribution in [3.05, 3.63) is 65.9 Å². The maximum atomic E-state index is 12.8. The van der Waals surface area contributed by atoms with Gasteiger partial charge in [-0.25, -0.2) is 9.67 Å². The molecule has 3 aliphatic heterocycles. The Balaban J connectivity index is 1.44. The van der Waals surface area contributed by atoms with E-state index in [0.29, 0.717) is 51.2 Å². The van der Waals surface area contributed by atoms with Crippen LogP contribution in [0.2, 0.25) is 0 Å². The van der Waals surface area contributed by atoms with Gasteiger partial charge in [-0.1, -0.05) is 23.8 Å². The number of morpholine rings is 2. The summed E-state index contributed by atoms with van der Waals surface area (Å²) in [7, 11) is 0. The van der Waals surface area contributed by atoms with E-state index in [1.807, 2.05) is 30.5 Å². The van der Waals surface area contributed by atoms with Crippen molar-refractivity contribution in [1.29, 1.82) is 5.41 Å². The van der Waals surface area contributed by atoms with Crippen LogP contribution in [0.4, 0.5) is 0 Å². The van der Waals surface area contributed by atoms with Crippen molar-refractivity contribution < 1.29 is 14.3 Å². The summed E-state index contributed by atoms with van der Waals surface area (Å²) in [6.07, 6.45) is 5.29. The first-order chi connectivity index (χ1) is 17.1. The normalized spacial score (nSPS) is 19.7. The molecule has 4 heterocycles. The molecule has 10 nitrogen and oxygen atoms in total. The molecule has 0 aliphatic carbocycles. The average molecular weight is 476 g/mol. The predicted molar refractivity (Wildman–Crippen MR) is 132 cm³/mol. The van der Waals surface area contributed by atoms with Crippen LogP contribution in [-0.2, 0) is 14.3 Å². The summed E-state index contributed by atoms with van der Waals surface area (Å²) in [6.45, 7) is 6.74. The third kappa shape index (κ3) is 5.33. The summed E-state index contributed by atoms with van der Waals surface area (Å²) in [5, 5.41) is 16.4. The molecule has 0 bridgehead atoms. The van der Waals surface area contributed by atoms with Crippen molar-refractivity contribution in [2.75, 3.05) is 52.6 Å². The number of amides is 1. The number of hydrogen-bond donors (Lipinski definition) is 2. The second kappa shape index (κ2) is 10.2. The molecule has 0 radical (unpaired) electrons. The van der Waals surface area contributed by atoms with Crippen LogP contribution in [0.1, 0.15) is 5.56 Å². The molecule has 182 valence electrons. The van der Waals surface area contributed by atoms with Crippen LogP contribution < -0.4 is 5.32 Å². The van der Waals surface area contributed by atoms with Gasteiger partial charge in [0.15, 0.2) is 5.84 Å². The summed E-state index contributed by atoms with van der Waals surface area (Å²) in [4.78, 5) is 21.3. The lowest BCUT2D eigenvalue weighted by atomic mass is 10.1. The maximum absolute atomic E-state index is 12.8. The van der Waals surface area contributed by atoms with Gasteiger partial charge in [0.1, 0.15) is 17.4 Å². The van der Waals surface area contributed by atoms with Gasteiger partial charge in [-0.15, -0.1) is 0 Å². The average Bonchev–Trinajstić information content (AvgIpc) is 3.40. The van der Waals surface area contributed by atoms with Crippen molar-refractivity contribution >= 4 is 17.5 Å². The quantitative estimate of drug-likeness (QED) is 0.651. The van der Waals surface area contributed by atoms with Crippen LogP contribution in [0, 0.1) is 12.3 Å². The molecule has 35 heavy (non-hydrogen) atoms. The first kappa shape index (κ1) is 23.0. The zero-order valence-electron chi connectivity index (χ0n) is 19.7. The third-order valence-electron chi connectivity index (χ3n) is 6.06. The van der Waals surface area contributed by atoms with E-state index in [2.05, 4.69) is 34.3 Å². The van der Waals surface area contributed by atoms with Gasteiger partial charge in [-0.05, 0) is 19.1 Å². The second-order valence-electron chi connectivity index (χ2n) is 8.59. The van der Waals surface area contributed by atoms with Crippen molar-refractivity contribution in [2.24, 2.45) is 4.99 Å². The lowest BCUT2D eigenvalue weighted by Crippen LogP contribution is -2.44. The Kier molecular flexibility index (Phi) is 6.73. The summed E-state index contributed by atoms with van der Waals surface area (Å²) in [5.41, 5.74) is 2.92. The number of benzene rings is 1. The molecule has 1 aromatic carbocycles. The molecule has 3 aliphatic rings. The van der Waals surface area contributed by atoms with Gasteiger partial charge in [0.05, 0.1) is 32.1 Å². The predicted octanol–water partition coefficient (Wildman–Crippen LogP) is 1.60. The van der Waals surface area contributed by atoms with E-state index in [-0.39, 0.29) is 11.6 Å². The van der Waals surface area contributed by atoms with E-state index in [4.69, 9.17) is 20.0 Å². The van der Waals surface area contributed by atoms with Gasteiger partial charge in [-0.3, -0.25) is 10.2 Å². The van der Waals surface area contributed by atoms with Crippen molar-refractivity contribution in [2.45, 2.75) is 6.92 Å². The number of rotatable bonds is 4. The summed E-state index contributed by atoms with van der Waals surface area (Å²) >= 11 is 0. The lowest BCUT2D eigenvalue weighted by molar-refractivity contribution is -0.127. The number of allylic oxidation sites excluding steroid dienone is 1. The van der Waals surface area contributed by atoms with Crippen LogP contribution in [-0.4, -0.2) is 89.6 Å². The van der Waals surface area contributed by atoms with E-state index in [1.54, 1.807) is 9.58 Å². The molecule has 1 aromatic heterocycles. The zero-order chi connectivity index (χ0) is 24.2. The highest BCUT2D eigenvalue weighted by molar-refractivity contribution is 6.42. The zero-order valence-corrected chi connectivity index (χ0v) is 19.7. The largest absolute Gasteiger partial charge is 0.378 e. The number of aromatic nitrogens is 2. The highest BCUT2D eigenvalue weighted by atomic mass is 16.5. The molecule has 2 N–H and O–H groups in total. The topological polar surface area (TPSA) is 108 Å². The second-order valence-corrected chi connectivity index (χ2v) is 8.59. The minimum Gasteiger partial charge on any atom is -0.378 e. The highest BCUT2D eigenvalue weighted by Crippen LogP contribution is 2.20. The van der Waals surface area contributed by atoms with Crippen LogP contribution in [0.25, 0.3) is 11.3 Å². The molecular weight excluding hydrogens is 446 g/mol. The van der Waals surface area contributed by atoms with Crippen molar-refractivity contribution in [1.82, 2.24) is 24.9 Å². The number of carbonyl (C=O) groups is 1. The van der Waals surface area contributed by atoms with Crippen LogP contribution in [0.5, 0.6) is 0 Å². The Morgan fingerprint density at radius 2 is 1.83 bits per heavy atom. The number of ether oxygens (including phenoxy) is 2. The molecule has 2 fully saturated rings. The summed E-state index contributed by atoms with van der Waals surface area (Å²) in [6, 6.07) is 10.1. The minimum absolute atomic E-state index is 0.123. The minimum atomic E-state index is -0.331. The number of nitrogens with one attached hydrogen (secondary N) is 2. The Morgan fingerprint density at radius 3 is 2.57 bits per heavy atom. The third-order valence-corrected chi connectivity index (χ3v) is 6.06. The van der Waals surface area contributed by atoms with Gasteiger partial charge in [0, 0.05) is 50.1 Å². The van der Waals surface area contributed by atoms with E-state index >= 15 is 0 Å². The van der Waals surface area contributed by atoms with E-state index < -0.39 is 0 Å². The first-order valence-corrected chi connectivity index (χ1v) is 11.8. The molecule has 2 saturated heterocycles. The van der Waals surface area contributed by atoms with Crippen LogP contribution in [0.15, 0.2) is 65.3 Å². The van der Waals surface area contributed by atoms with E-state index in [1.165, 1.54) is 11.6 Å². The van der Waals surface area contributed by atoms with E-state index in [0.717, 1.165) is 30.2 Å². The fourth-order valence-electron chi connectivity index (χ4n) is 4.18. The number of hydrogen-bond acceptors (Lipinski definition) is 8. The molecule has 0 atom stereocenters. The SMILES string of the molecule is Cc1cccc(-c2ccn(C3=N/C(=C/C(=N)C(=O)N4CCOCC4)NC(N4CCOCC4)=C3)n2)c1. The van der Waals surface area contributed by atoms with Gasteiger partial charge in [0.2, 0.25) is 0 Å². The number of nitrogens with zero attached hydrogens (tertiary/aromatic N) is 5. The smallest absolute Gasteiger partial charge is 0.272 e. The number of aryl methyl sites for hydroxylation is 1. The Morgan fingerprint density at radius 1 is 1.09 bits per heavy atom. The summed E-state index contributed by atoms with van der Waals surface area (Å²) < 4.78 is 12.5. The van der Waals surface area contributed by atoms with Crippen molar-refractivity contribution in [3.63, 3.8) is 0 Å². The van der Waals surface area contributed by atoms with Crippen molar-refractivity contribution in [3.8, 4) is 11.3 Å². The van der Waals surface area contributed by atoms with Gasteiger partial charge < -0.3 is 24.6 Å². The molecule has 0 unspecified atom stereocenters. The number of aliphatic imine (C=N–C) groups is 1. The first-order valence-electron chi connectivity index (χ1n) is 11.8. The molecule has 2 aromatic rings. The monoisotopic (exact) mass is 475 g/mol. The Labute approximate surface area is 204 Å². The standard InChI is InChI=1S/C25H29N7O3/c1-18-3-2-4-19(15-18)21-5-6-32(29-21)24-17-23(30-7-11-34-12-8-30)27-22(28-24)16-20(26)25(33)31-9-13-35-14-10-31/h2-6,15-17,26-27H,7-14H2,1H3/b22-16+,26-20?. The maximum Gasteiger partial charge on any atom is 0.272 e.